The van der Waals surface area contributed by atoms with Crippen LogP contribution in [0.5, 0.6) is 11.5 Å². The Labute approximate surface area is 328 Å². The lowest BCUT2D eigenvalue weighted by atomic mass is 9.73. The van der Waals surface area contributed by atoms with Gasteiger partial charge in [0.2, 0.25) is 0 Å². The lowest BCUT2D eigenvalue weighted by Gasteiger charge is -2.42. The van der Waals surface area contributed by atoms with Gasteiger partial charge in [0.1, 0.15) is 11.5 Å². The van der Waals surface area contributed by atoms with Gasteiger partial charge in [0, 0.05) is 44.3 Å². The second kappa shape index (κ2) is 12.9. The third-order valence-electron chi connectivity index (χ3n) is 11.6. The molecule has 10 rings (SSSR count). The predicted molar refractivity (Wildman–Crippen MR) is 227 cm³/mol. The summed E-state index contributed by atoms with van der Waals surface area (Å²) in [4.78, 5) is 17.3. The minimum absolute atomic E-state index is 0.164. The van der Waals surface area contributed by atoms with Crippen LogP contribution in [0.2, 0.25) is 0 Å². The second-order valence-electron chi connectivity index (χ2n) is 15.7. The maximum Gasteiger partial charge on any atom is 0.164 e. The van der Waals surface area contributed by atoms with E-state index in [0.29, 0.717) is 17.5 Å². The van der Waals surface area contributed by atoms with E-state index in [1.165, 1.54) is 22.5 Å². The van der Waals surface area contributed by atoms with Gasteiger partial charge in [-0.1, -0.05) is 161 Å². The maximum absolute atomic E-state index is 6.87. The summed E-state index contributed by atoms with van der Waals surface area (Å²) in [7, 11) is 0. The Bertz CT molecular complexity index is 2720. The molecule has 8 aromatic rings. The molecule has 0 spiro atoms. The molecular weight excluding hydrogens is 685 g/mol. The Hall–Kier alpha value is -6.85. The number of hydrogen-bond acceptors (Lipinski definition) is 5. The molecule has 5 heteroatoms. The van der Waals surface area contributed by atoms with Gasteiger partial charge in [0.25, 0.3) is 0 Å². The first-order valence-electron chi connectivity index (χ1n) is 19.2. The number of nitrogens with zero attached hydrogens (tertiary/aromatic N) is 4. The molecule has 2 aliphatic heterocycles. The third-order valence-corrected chi connectivity index (χ3v) is 11.6. The number of ether oxygens (including phenoxy) is 1. The Morgan fingerprint density at radius 1 is 0.375 bits per heavy atom. The number of anilines is 3. The van der Waals surface area contributed by atoms with Crippen LogP contribution in [0.25, 0.3) is 45.3 Å². The van der Waals surface area contributed by atoms with Crippen molar-refractivity contribution in [1.29, 1.82) is 0 Å². The topological polar surface area (TPSA) is 51.1 Å². The van der Waals surface area contributed by atoms with E-state index >= 15 is 0 Å². The quantitative estimate of drug-likeness (QED) is 0.177. The normalized spacial score (nSPS) is 14.5. The number of aromatic nitrogens is 3. The fourth-order valence-corrected chi connectivity index (χ4v) is 8.52. The van der Waals surface area contributed by atoms with Crippen LogP contribution in [0.1, 0.15) is 49.9 Å². The number of benzene rings is 7. The number of rotatable bonds is 5. The smallest absolute Gasteiger partial charge is 0.164 e. The van der Waals surface area contributed by atoms with Crippen molar-refractivity contribution in [2.24, 2.45) is 0 Å². The van der Waals surface area contributed by atoms with Gasteiger partial charge in [0.05, 0.1) is 11.4 Å². The summed E-state index contributed by atoms with van der Waals surface area (Å²) in [6.45, 7) is 9.20. The van der Waals surface area contributed by atoms with Crippen molar-refractivity contribution < 1.29 is 4.74 Å². The molecule has 270 valence electrons. The van der Waals surface area contributed by atoms with Crippen molar-refractivity contribution in [3.63, 3.8) is 0 Å². The van der Waals surface area contributed by atoms with Gasteiger partial charge in [-0.15, -0.1) is 0 Å². The zero-order chi connectivity index (χ0) is 38.0. The van der Waals surface area contributed by atoms with Crippen LogP contribution in [-0.4, -0.2) is 15.0 Å². The molecule has 1 aromatic heterocycles. The zero-order valence-electron chi connectivity index (χ0n) is 31.9. The van der Waals surface area contributed by atoms with E-state index in [1.807, 2.05) is 60.7 Å². The van der Waals surface area contributed by atoms with E-state index in [-0.39, 0.29) is 10.8 Å². The average molecular weight is 725 g/mol. The molecule has 0 saturated carbocycles. The van der Waals surface area contributed by atoms with Crippen molar-refractivity contribution in [3.05, 3.63) is 192 Å². The molecule has 0 atom stereocenters. The fraction of sp³-hybridized carbons (Fsp3) is 0.118. The zero-order valence-corrected chi connectivity index (χ0v) is 31.9. The highest BCUT2D eigenvalue weighted by Gasteiger charge is 2.38. The molecule has 0 unspecified atom stereocenters. The lowest BCUT2D eigenvalue weighted by Crippen LogP contribution is -2.30. The van der Waals surface area contributed by atoms with Crippen LogP contribution in [0, 0.1) is 0 Å². The Balaban J connectivity index is 1.05. The second-order valence-corrected chi connectivity index (χ2v) is 15.7. The van der Waals surface area contributed by atoms with Crippen LogP contribution in [-0.2, 0) is 10.8 Å². The first kappa shape index (κ1) is 33.7. The van der Waals surface area contributed by atoms with Gasteiger partial charge in [-0.3, -0.25) is 0 Å². The van der Waals surface area contributed by atoms with Gasteiger partial charge in [0.15, 0.2) is 17.5 Å². The first-order chi connectivity index (χ1) is 27.3. The summed E-state index contributed by atoms with van der Waals surface area (Å²) in [5.74, 6) is 3.52. The van der Waals surface area contributed by atoms with Crippen molar-refractivity contribution in [1.82, 2.24) is 15.0 Å². The summed E-state index contributed by atoms with van der Waals surface area (Å²) in [5, 5.41) is 0. The maximum atomic E-state index is 6.87. The van der Waals surface area contributed by atoms with Gasteiger partial charge >= 0.3 is 0 Å². The average Bonchev–Trinajstić information content (AvgIpc) is 3.24. The van der Waals surface area contributed by atoms with Gasteiger partial charge < -0.3 is 9.64 Å². The highest BCUT2D eigenvalue weighted by atomic mass is 16.5. The molecule has 56 heavy (non-hydrogen) atoms. The highest BCUT2D eigenvalue weighted by Crippen LogP contribution is 2.54. The van der Waals surface area contributed by atoms with Crippen LogP contribution >= 0.6 is 0 Å². The predicted octanol–water partition coefficient (Wildman–Crippen LogP) is 13.1. The molecule has 3 heterocycles. The standard InChI is InChI=1S/C51H40N4O/c1-50(2)39-22-14-15-23-43(39)55(38-20-12-7-13-21-38)44-30-35(24-27-40(44)50)36-25-28-41-45(31-36)56-46-32-37(26-29-42(46)51(41,3)4)49-53-47(33-16-8-5-9-17-33)52-48(54-49)34-18-10-6-11-19-34/h5-32H,1-4H3. The van der Waals surface area contributed by atoms with E-state index < -0.39 is 0 Å². The molecule has 0 aliphatic carbocycles. The molecular formula is C51H40N4O. The first-order valence-corrected chi connectivity index (χ1v) is 19.2. The minimum atomic E-state index is -0.294. The Kier molecular flexibility index (Phi) is 7.75. The summed E-state index contributed by atoms with van der Waals surface area (Å²) >= 11 is 0. The molecule has 0 radical (unpaired) electrons. The van der Waals surface area contributed by atoms with E-state index in [1.54, 1.807) is 0 Å². The molecule has 7 aromatic carbocycles. The summed E-state index contributed by atoms with van der Waals surface area (Å²) in [6.07, 6.45) is 0. The lowest BCUT2D eigenvalue weighted by molar-refractivity contribution is 0.418. The van der Waals surface area contributed by atoms with Crippen molar-refractivity contribution >= 4 is 17.1 Å². The van der Waals surface area contributed by atoms with E-state index in [0.717, 1.165) is 56.1 Å². The Morgan fingerprint density at radius 3 is 1.41 bits per heavy atom. The summed E-state index contributed by atoms with van der Waals surface area (Å²) < 4.78 is 6.87. The molecule has 5 nitrogen and oxygen atoms in total. The van der Waals surface area contributed by atoms with Crippen LogP contribution in [0.3, 0.4) is 0 Å². The van der Waals surface area contributed by atoms with Crippen LogP contribution < -0.4 is 9.64 Å². The minimum Gasteiger partial charge on any atom is -0.457 e. The fourth-order valence-electron chi connectivity index (χ4n) is 8.52. The summed E-state index contributed by atoms with van der Waals surface area (Å²) in [6, 6.07) is 59.5. The molecule has 0 N–H and O–H groups in total. The SMILES string of the molecule is CC1(C)c2ccc(-c3ccc4c(c3)N(c3ccccc3)c3ccccc3C4(C)C)cc2Oc2cc(-c3nc(-c4ccccc4)nc(-c4ccccc4)n3)ccc21. The number of fused-ring (bicyclic) bond motifs is 4. The number of para-hydroxylation sites is 2. The molecule has 0 amide bonds. The molecule has 0 fully saturated rings. The van der Waals surface area contributed by atoms with Gasteiger partial charge in [-0.05, 0) is 58.7 Å². The van der Waals surface area contributed by atoms with Crippen LogP contribution in [0.15, 0.2) is 170 Å². The molecule has 0 saturated heterocycles. The Morgan fingerprint density at radius 2 is 0.804 bits per heavy atom. The summed E-state index contributed by atoms with van der Waals surface area (Å²) in [5.41, 5.74) is 12.9. The molecule has 0 bridgehead atoms. The van der Waals surface area contributed by atoms with Crippen molar-refractivity contribution in [2.75, 3.05) is 4.90 Å². The van der Waals surface area contributed by atoms with Gasteiger partial charge in [-0.2, -0.15) is 0 Å². The van der Waals surface area contributed by atoms with E-state index in [9.17, 15) is 0 Å². The highest BCUT2D eigenvalue weighted by molar-refractivity contribution is 5.88. The number of hydrogen-bond donors (Lipinski definition) is 0. The monoisotopic (exact) mass is 724 g/mol. The largest absolute Gasteiger partial charge is 0.457 e. The van der Waals surface area contributed by atoms with Crippen molar-refractivity contribution in [2.45, 2.75) is 38.5 Å². The van der Waals surface area contributed by atoms with E-state index in [2.05, 4.69) is 142 Å². The molecule has 2 aliphatic rings. The van der Waals surface area contributed by atoms with Crippen LogP contribution in [0.4, 0.5) is 17.1 Å². The van der Waals surface area contributed by atoms with Crippen molar-refractivity contribution in [3.8, 4) is 56.8 Å². The van der Waals surface area contributed by atoms with Gasteiger partial charge in [-0.25, -0.2) is 15.0 Å². The third kappa shape index (κ3) is 5.50. The van der Waals surface area contributed by atoms with E-state index in [4.69, 9.17) is 19.7 Å².